The molecule has 0 radical (unpaired) electrons. The number of nitrogens with zero attached hydrogens (tertiary/aromatic N) is 3. The van der Waals surface area contributed by atoms with E-state index in [4.69, 9.17) is 4.99 Å². The molecule has 0 atom stereocenters. The fraction of sp³-hybridized carbons (Fsp3) is 0.0233. The van der Waals surface area contributed by atoms with E-state index in [1.54, 1.807) is 11.3 Å². The van der Waals surface area contributed by atoms with Crippen LogP contribution >= 0.6 is 11.3 Å². The first-order valence-corrected chi connectivity index (χ1v) is 16.9. The highest BCUT2D eigenvalue weighted by Crippen LogP contribution is 2.43. The van der Waals surface area contributed by atoms with Crippen LogP contribution in [0.4, 0.5) is 5.69 Å². The second kappa shape index (κ2) is 10.5. The molecule has 3 aromatic heterocycles. The number of para-hydroxylation sites is 1. The number of aromatic amines is 1. The number of benzene rings is 7. The summed E-state index contributed by atoms with van der Waals surface area (Å²) in [5.41, 5.74) is 7.53. The molecule has 0 aliphatic rings. The van der Waals surface area contributed by atoms with Gasteiger partial charge in [-0.05, 0) is 58.6 Å². The van der Waals surface area contributed by atoms with Gasteiger partial charge in [-0.25, -0.2) is 0 Å². The predicted octanol–water partition coefficient (Wildman–Crippen LogP) is 11.8. The van der Waals surface area contributed by atoms with Crippen molar-refractivity contribution in [3.05, 3.63) is 150 Å². The topological polar surface area (TPSA) is 45.4 Å². The number of aromatic nitrogens is 2. The van der Waals surface area contributed by atoms with E-state index in [0.717, 1.165) is 43.8 Å². The van der Waals surface area contributed by atoms with E-state index < -0.39 is 0 Å². The van der Waals surface area contributed by atoms with Crippen molar-refractivity contribution >= 4 is 105 Å². The Morgan fingerprint density at radius 2 is 1.25 bits per heavy atom. The lowest BCUT2D eigenvalue weighted by Gasteiger charge is -2.12. The SMILES string of the molecule is C=Nc1c(/C(=N\Cn2c3ccc4ccccc4c3c3c4c(ccc32)[nH]c2ccccc24)c2cccc3ccccc23)sc2ccccc12. The maximum atomic E-state index is 5.57. The molecule has 7 aromatic carbocycles. The molecule has 5 heteroatoms. The summed E-state index contributed by atoms with van der Waals surface area (Å²) in [4.78, 5) is 14.9. The van der Waals surface area contributed by atoms with E-state index in [1.165, 1.54) is 53.3 Å². The minimum Gasteiger partial charge on any atom is -0.354 e. The fourth-order valence-electron chi connectivity index (χ4n) is 7.64. The van der Waals surface area contributed by atoms with E-state index in [1.807, 2.05) is 0 Å². The van der Waals surface area contributed by atoms with Gasteiger partial charge in [-0.1, -0.05) is 109 Å². The van der Waals surface area contributed by atoms with Crippen molar-refractivity contribution in [3.63, 3.8) is 0 Å². The van der Waals surface area contributed by atoms with Crippen molar-refractivity contribution in [1.82, 2.24) is 9.55 Å². The Morgan fingerprint density at radius 1 is 0.583 bits per heavy atom. The van der Waals surface area contributed by atoms with Gasteiger partial charge in [0.05, 0.1) is 27.3 Å². The summed E-state index contributed by atoms with van der Waals surface area (Å²) >= 11 is 1.73. The van der Waals surface area contributed by atoms with Crippen molar-refractivity contribution < 1.29 is 0 Å². The van der Waals surface area contributed by atoms with Gasteiger partial charge >= 0.3 is 0 Å². The van der Waals surface area contributed by atoms with Gasteiger partial charge in [0.25, 0.3) is 0 Å². The molecular formula is C43H28N4S. The molecule has 0 fully saturated rings. The van der Waals surface area contributed by atoms with Gasteiger partial charge in [0.2, 0.25) is 0 Å². The van der Waals surface area contributed by atoms with Crippen LogP contribution in [0.15, 0.2) is 150 Å². The number of thiophene rings is 1. The Labute approximate surface area is 279 Å². The van der Waals surface area contributed by atoms with Crippen LogP contribution in [-0.2, 0) is 6.67 Å². The molecule has 48 heavy (non-hydrogen) atoms. The summed E-state index contributed by atoms with van der Waals surface area (Å²) in [6.07, 6.45) is 0. The van der Waals surface area contributed by atoms with Crippen LogP contribution in [0.1, 0.15) is 10.4 Å². The normalized spacial score (nSPS) is 12.5. The molecule has 0 saturated heterocycles. The van der Waals surface area contributed by atoms with Gasteiger partial charge in [0.15, 0.2) is 0 Å². The minimum atomic E-state index is 0.440. The number of rotatable bonds is 5. The average Bonchev–Trinajstić information content (AvgIpc) is 3.81. The van der Waals surface area contributed by atoms with Crippen molar-refractivity contribution in [2.75, 3.05) is 0 Å². The van der Waals surface area contributed by atoms with Crippen molar-refractivity contribution in [2.24, 2.45) is 9.98 Å². The van der Waals surface area contributed by atoms with Crippen molar-refractivity contribution in [3.8, 4) is 0 Å². The van der Waals surface area contributed by atoms with Crippen LogP contribution in [0.25, 0.3) is 75.2 Å². The molecule has 0 unspecified atom stereocenters. The molecule has 1 N–H and O–H groups in total. The number of hydrogen-bond acceptors (Lipinski definition) is 3. The lowest BCUT2D eigenvalue weighted by molar-refractivity contribution is 0.794. The molecule has 10 rings (SSSR count). The Morgan fingerprint density at radius 3 is 2.10 bits per heavy atom. The Hall–Kier alpha value is -6.04. The number of hydrogen-bond donors (Lipinski definition) is 1. The summed E-state index contributed by atoms with van der Waals surface area (Å²) < 4.78 is 3.56. The molecule has 0 aliphatic carbocycles. The molecule has 10 aromatic rings. The molecular weight excluding hydrogens is 605 g/mol. The third kappa shape index (κ3) is 3.88. The predicted molar refractivity (Wildman–Crippen MR) is 207 cm³/mol. The molecule has 0 saturated carbocycles. The van der Waals surface area contributed by atoms with Crippen LogP contribution in [0.5, 0.6) is 0 Å². The van der Waals surface area contributed by atoms with E-state index in [9.17, 15) is 0 Å². The van der Waals surface area contributed by atoms with E-state index in [-0.39, 0.29) is 0 Å². The van der Waals surface area contributed by atoms with Crippen LogP contribution in [0.3, 0.4) is 0 Å². The molecule has 0 spiro atoms. The van der Waals surface area contributed by atoms with E-state index in [2.05, 4.69) is 161 Å². The van der Waals surface area contributed by atoms with Crippen LogP contribution in [0.2, 0.25) is 0 Å². The molecule has 0 bridgehead atoms. The van der Waals surface area contributed by atoms with Gasteiger partial charge in [0, 0.05) is 48.2 Å². The molecule has 4 nitrogen and oxygen atoms in total. The van der Waals surface area contributed by atoms with Gasteiger partial charge in [-0.2, -0.15) is 0 Å². The summed E-state index contributed by atoms with van der Waals surface area (Å²) in [7, 11) is 0. The zero-order valence-corrected chi connectivity index (χ0v) is 26.8. The fourth-order valence-corrected chi connectivity index (χ4v) is 8.82. The van der Waals surface area contributed by atoms with Crippen LogP contribution in [0, 0.1) is 0 Å². The first kappa shape index (κ1) is 27.1. The first-order chi connectivity index (χ1) is 23.8. The second-order valence-corrected chi connectivity index (χ2v) is 13.3. The summed E-state index contributed by atoms with van der Waals surface area (Å²) in [6, 6.07) is 49.8. The monoisotopic (exact) mass is 632 g/mol. The number of aliphatic imine (C=N–C) groups is 2. The first-order valence-electron chi connectivity index (χ1n) is 16.1. The van der Waals surface area contributed by atoms with Gasteiger partial charge in [0.1, 0.15) is 6.67 Å². The number of fused-ring (bicyclic) bond motifs is 11. The third-order valence-electron chi connectivity index (χ3n) is 9.75. The van der Waals surface area contributed by atoms with Gasteiger partial charge in [-0.3, -0.25) is 9.98 Å². The third-order valence-corrected chi connectivity index (χ3v) is 10.9. The zero-order chi connectivity index (χ0) is 31.8. The number of H-pyrrole nitrogens is 1. The Bertz CT molecular complexity index is 2950. The van der Waals surface area contributed by atoms with E-state index >= 15 is 0 Å². The summed E-state index contributed by atoms with van der Waals surface area (Å²) in [5.74, 6) is 0. The molecule has 0 aliphatic heterocycles. The summed E-state index contributed by atoms with van der Waals surface area (Å²) in [5, 5.41) is 10.9. The van der Waals surface area contributed by atoms with Gasteiger partial charge in [-0.15, -0.1) is 11.3 Å². The minimum absolute atomic E-state index is 0.440. The number of nitrogens with one attached hydrogen (secondary N) is 1. The standard InChI is InChI=1S/C43H28N4S/c1-44-41-32-17-7-9-20-37(32)48-43(41)42(30-18-10-13-26-11-2-4-14-28(26)30)45-25-47-35-23-21-27-12-3-5-15-29(27)39(35)40-36(47)24-22-34-38(40)31-16-6-8-19-33(31)46-34/h2-24,46H,1,25H2/b45-42-. The largest absolute Gasteiger partial charge is 0.354 e. The highest BCUT2D eigenvalue weighted by atomic mass is 32.1. The average molecular weight is 633 g/mol. The maximum absolute atomic E-state index is 5.57. The summed E-state index contributed by atoms with van der Waals surface area (Å²) in [6.45, 7) is 4.46. The smallest absolute Gasteiger partial charge is 0.115 e. The molecule has 3 heterocycles. The maximum Gasteiger partial charge on any atom is 0.115 e. The quantitative estimate of drug-likeness (QED) is 0.184. The van der Waals surface area contributed by atoms with Crippen LogP contribution < -0.4 is 0 Å². The molecule has 0 amide bonds. The van der Waals surface area contributed by atoms with E-state index in [0.29, 0.717) is 6.67 Å². The van der Waals surface area contributed by atoms with Crippen molar-refractivity contribution in [1.29, 1.82) is 0 Å². The lowest BCUT2D eigenvalue weighted by Crippen LogP contribution is -2.06. The lowest BCUT2D eigenvalue weighted by atomic mass is 9.99. The Kier molecular flexibility index (Phi) is 5.92. The second-order valence-electron chi connectivity index (χ2n) is 12.3. The molecule has 226 valence electrons. The van der Waals surface area contributed by atoms with Crippen molar-refractivity contribution in [2.45, 2.75) is 6.67 Å². The van der Waals surface area contributed by atoms with Crippen LogP contribution in [-0.4, -0.2) is 22.0 Å². The Balaban J connectivity index is 1.30. The highest BCUT2D eigenvalue weighted by Gasteiger charge is 2.22. The zero-order valence-electron chi connectivity index (χ0n) is 25.9. The van der Waals surface area contributed by atoms with Gasteiger partial charge < -0.3 is 9.55 Å². The highest BCUT2D eigenvalue weighted by molar-refractivity contribution is 7.21.